The molecule has 1 unspecified atom stereocenters. The average molecular weight is 211 g/mol. The SMILES string of the molecule is C=C(Cl)CC(Cl)C(=C)CSC. The first-order chi connectivity index (χ1) is 5.07. The van der Waals surface area contributed by atoms with Gasteiger partial charge in [0.1, 0.15) is 0 Å². The molecule has 0 fully saturated rings. The van der Waals surface area contributed by atoms with Crippen molar-refractivity contribution in [2.24, 2.45) is 0 Å². The van der Waals surface area contributed by atoms with Crippen molar-refractivity contribution < 1.29 is 0 Å². The van der Waals surface area contributed by atoms with Gasteiger partial charge in [0.15, 0.2) is 0 Å². The maximum absolute atomic E-state index is 5.95. The third kappa shape index (κ3) is 5.66. The van der Waals surface area contributed by atoms with Gasteiger partial charge in [0, 0.05) is 17.2 Å². The van der Waals surface area contributed by atoms with Crippen molar-refractivity contribution in [3.8, 4) is 0 Å². The maximum Gasteiger partial charge on any atom is 0.0599 e. The third-order valence-electron chi connectivity index (χ3n) is 1.17. The fourth-order valence-electron chi connectivity index (χ4n) is 0.615. The van der Waals surface area contributed by atoms with E-state index in [1.54, 1.807) is 11.8 Å². The van der Waals surface area contributed by atoms with Crippen molar-refractivity contribution in [3.05, 3.63) is 23.8 Å². The Morgan fingerprint density at radius 1 is 1.55 bits per heavy atom. The second kappa shape index (κ2) is 5.99. The molecule has 3 heteroatoms. The standard InChI is InChI=1S/C8H12Cl2S/c1-6(5-11-3)8(10)4-7(2)9/h8H,1-2,4-5H2,3H3. The monoisotopic (exact) mass is 210 g/mol. The molecule has 0 heterocycles. The van der Waals surface area contributed by atoms with E-state index in [0.717, 1.165) is 11.3 Å². The summed E-state index contributed by atoms with van der Waals surface area (Å²) in [7, 11) is 0. The first kappa shape index (κ1) is 11.4. The fourth-order valence-corrected chi connectivity index (χ4v) is 1.77. The van der Waals surface area contributed by atoms with Crippen molar-refractivity contribution in [2.75, 3.05) is 12.0 Å². The van der Waals surface area contributed by atoms with Gasteiger partial charge in [-0.2, -0.15) is 11.8 Å². The van der Waals surface area contributed by atoms with E-state index in [9.17, 15) is 0 Å². The van der Waals surface area contributed by atoms with Crippen LogP contribution in [0.2, 0.25) is 0 Å². The lowest BCUT2D eigenvalue weighted by Crippen LogP contribution is -2.03. The van der Waals surface area contributed by atoms with Gasteiger partial charge in [0.2, 0.25) is 0 Å². The van der Waals surface area contributed by atoms with Crippen LogP contribution in [-0.2, 0) is 0 Å². The highest BCUT2D eigenvalue weighted by molar-refractivity contribution is 7.98. The number of halogens is 2. The molecule has 64 valence electrons. The lowest BCUT2D eigenvalue weighted by atomic mass is 10.2. The Morgan fingerprint density at radius 3 is 2.45 bits per heavy atom. The molecule has 1 atom stereocenters. The molecule has 0 radical (unpaired) electrons. The molecule has 0 saturated carbocycles. The smallest absolute Gasteiger partial charge is 0.0599 e. The van der Waals surface area contributed by atoms with Crippen LogP contribution in [0.5, 0.6) is 0 Å². The summed E-state index contributed by atoms with van der Waals surface area (Å²) in [6, 6.07) is 0. The molecule has 0 aliphatic heterocycles. The molecule has 0 amide bonds. The zero-order chi connectivity index (χ0) is 8.85. The van der Waals surface area contributed by atoms with Crippen molar-refractivity contribution in [3.63, 3.8) is 0 Å². The van der Waals surface area contributed by atoms with E-state index < -0.39 is 0 Å². The molecule has 0 rings (SSSR count). The van der Waals surface area contributed by atoms with E-state index >= 15 is 0 Å². The molecule has 0 nitrogen and oxygen atoms in total. The van der Waals surface area contributed by atoms with Gasteiger partial charge in [-0.05, 0) is 11.8 Å². The zero-order valence-corrected chi connectivity index (χ0v) is 8.90. The number of thioether (sulfide) groups is 1. The molecule has 0 aromatic heterocycles. The zero-order valence-electron chi connectivity index (χ0n) is 6.57. The Balaban J connectivity index is 3.73. The topological polar surface area (TPSA) is 0 Å². The summed E-state index contributed by atoms with van der Waals surface area (Å²) in [6.45, 7) is 7.42. The van der Waals surface area contributed by atoms with E-state index in [-0.39, 0.29) is 5.38 Å². The Hall–Kier alpha value is 0.410. The summed E-state index contributed by atoms with van der Waals surface area (Å²) in [5.41, 5.74) is 1.01. The van der Waals surface area contributed by atoms with Gasteiger partial charge in [-0.3, -0.25) is 0 Å². The van der Waals surface area contributed by atoms with Crippen molar-refractivity contribution in [2.45, 2.75) is 11.8 Å². The summed E-state index contributed by atoms with van der Waals surface area (Å²) in [6.07, 6.45) is 2.63. The van der Waals surface area contributed by atoms with Crippen LogP contribution < -0.4 is 0 Å². The summed E-state index contributed by atoms with van der Waals surface area (Å²) in [5.74, 6) is 0.887. The normalized spacial score (nSPS) is 12.6. The maximum atomic E-state index is 5.95. The third-order valence-corrected chi connectivity index (χ3v) is 2.45. The summed E-state index contributed by atoms with van der Waals surface area (Å²) < 4.78 is 0. The highest BCUT2D eigenvalue weighted by Crippen LogP contribution is 2.20. The van der Waals surface area contributed by atoms with Crippen molar-refractivity contribution in [1.29, 1.82) is 0 Å². The fraction of sp³-hybridized carbons (Fsp3) is 0.500. The first-order valence-electron chi connectivity index (χ1n) is 3.22. The van der Waals surface area contributed by atoms with Crippen LogP contribution in [0.4, 0.5) is 0 Å². The van der Waals surface area contributed by atoms with Gasteiger partial charge in [0.05, 0.1) is 5.38 Å². The predicted molar refractivity (Wildman–Crippen MR) is 56.8 cm³/mol. The Labute approximate surface area is 82.6 Å². The molecular weight excluding hydrogens is 199 g/mol. The highest BCUT2D eigenvalue weighted by atomic mass is 35.5. The summed E-state index contributed by atoms with van der Waals surface area (Å²) >= 11 is 13.2. The van der Waals surface area contributed by atoms with Crippen molar-refractivity contribution in [1.82, 2.24) is 0 Å². The molecule has 0 spiro atoms. The average Bonchev–Trinajstić information content (AvgIpc) is 1.86. The van der Waals surface area contributed by atoms with Crippen LogP contribution in [0.1, 0.15) is 6.42 Å². The van der Waals surface area contributed by atoms with Crippen LogP contribution in [0.15, 0.2) is 23.8 Å². The van der Waals surface area contributed by atoms with Crippen LogP contribution in [0.3, 0.4) is 0 Å². The molecule has 0 N–H and O–H groups in total. The van der Waals surface area contributed by atoms with Crippen LogP contribution in [0.25, 0.3) is 0 Å². The lowest BCUT2D eigenvalue weighted by Gasteiger charge is -2.09. The van der Waals surface area contributed by atoms with Crippen molar-refractivity contribution >= 4 is 35.0 Å². The minimum atomic E-state index is -0.0625. The van der Waals surface area contributed by atoms with Gasteiger partial charge >= 0.3 is 0 Å². The number of hydrogen-bond donors (Lipinski definition) is 0. The molecule has 11 heavy (non-hydrogen) atoms. The van der Waals surface area contributed by atoms with Gasteiger partial charge < -0.3 is 0 Å². The molecule has 0 aromatic rings. The second-order valence-electron chi connectivity index (χ2n) is 2.28. The molecular formula is C8H12Cl2S. The molecule has 0 saturated heterocycles. The van der Waals surface area contributed by atoms with Crippen LogP contribution >= 0.6 is 35.0 Å². The highest BCUT2D eigenvalue weighted by Gasteiger charge is 2.08. The molecule has 0 bridgehead atoms. The van der Waals surface area contributed by atoms with E-state index in [4.69, 9.17) is 23.2 Å². The second-order valence-corrected chi connectivity index (χ2v) is 4.21. The van der Waals surface area contributed by atoms with E-state index in [1.165, 1.54) is 0 Å². The Bertz CT molecular complexity index is 154. The van der Waals surface area contributed by atoms with Gasteiger partial charge in [0.25, 0.3) is 0 Å². The summed E-state index contributed by atoms with van der Waals surface area (Å²) in [4.78, 5) is 0. The van der Waals surface area contributed by atoms with E-state index in [2.05, 4.69) is 13.2 Å². The quantitative estimate of drug-likeness (QED) is 0.494. The number of rotatable bonds is 5. The molecule has 0 aromatic carbocycles. The van der Waals surface area contributed by atoms with Gasteiger partial charge in [-0.25, -0.2) is 0 Å². The van der Waals surface area contributed by atoms with Gasteiger partial charge in [-0.15, -0.1) is 11.6 Å². The number of alkyl halides is 1. The predicted octanol–water partition coefficient (Wildman–Crippen LogP) is 3.66. The van der Waals surface area contributed by atoms with Crippen LogP contribution in [0, 0.1) is 0 Å². The number of hydrogen-bond acceptors (Lipinski definition) is 1. The Kier molecular flexibility index (Phi) is 6.21. The lowest BCUT2D eigenvalue weighted by molar-refractivity contribution is 0.986. The number of allylic oxidation sites excluding steroid dienone is 1. The van der Waals surface area contributed by atoms with Gasteiger partial charge in [-0.1, -0.05) is 24.8 Å². The van der Waals surface area contributed by atoms with E-state index in [1.807, 2.05) is 6.26 Å². The largest absolute Gasteiger partial charge is 0.161 e. The van der Waals surface area contributed by atoms with E-state index in [0.29, 0.717) is 11.5 Å². The first-order valence-corrected chi connectivity index (χ1v) is 5.42. The molecule has 0 aliphatic rings. The van der Waals surface area contributed by atoms with Crippen LogP contribution in [-0.4, -0.2) is 17.4 Å². The minimum Gasteiger partial charge on any atom is -0.161 e. The molecule has 0 aliphatic carbocycles. The Morgan fingerprint density at radius 2 is 2.09 bits per heavy atom. The minimum absolute atomic E-state index is 0.0625. The summed E-state index contributed by atoms with van der Waals surface area (Å²) in [5, 5.41) is 0.528.